The summed E-state index contributed by atoms with van der Waals surface area (Å²) in [4.78, 5) is 24.1. The van der Waals surface area contributed by atoms with Crippen molar-refractivity contribution >= 4 is 12.1 Å². The molecule has 0 radical (unpaired) electrons. The van der Waals surface area contributed by atoms with Crippen LogP contribution in [-0.4, -0.2) is 54.0 Å². The van der Waals surface area contributed by atoms with E-state index < -0.39 is 29.7 Å². The number of aliphatic carboxylic acids is 1. The van der Waals surface area contributed by atoms with E-state index in [1.807, 2.05) is 0 Å². The van der Waals surface area contributed by atoms with Gasteiger partial charge in [-0.2, -0.15) is 0 Å². The van der Waals surface area contributed by atoms with Gasteiger partial charge < -0.3 is 19.5 Å². The number of rotatable bonds is 2. The van der Waals surface area contributed by atoms with Crippen molar-refractivity contribution in [1.82, 2.24) is 4.90 Å². The number of ether oxygens (including phenoxy) is 2. The van der Waals surface area contributed by atoms with Crippen LogP contribution in [0.25, 0.3) is 0 Å². The van der Waals surface area contributed by atoms with Gasteiger partial charge in [0.15, 0.2) is 0 Å². The minimum atomic E-state index is -0.956. The standard InChI is InChI=1S/C11H19NO5/c1-11(2,3)17-10(15)12-5-7(9(13)14)8(6-12)16-4/h7-8H,5-6H2,1-4H3,(H,13,14)/t7-,8+/m0/s1. The fourth-order valence-electron chi connectivity index (χ4n) is 1.73. The van der Waals surface area contributed by atoms with E-state index in [1.54, 1.807) is 20.8 Å². The van der Waals surface area contributed by atoms with Crippen LogP contribution in [0.1, 0.15) is 20.8 Å². The maximum atomic E-state index is 11.7. The monoisotopic (exact) mass is 245 g/mol. The molecule has 6 heteroatoms. The summed E-state index contributed by atoms with van der Waals surface area (Å²) in [5.41, 5.74) is -0.582. The maximum absolute atomic E-state index is 11.7. The van der Waals surface area contributed by atoms with Gasteiger partial charge in [-0.25, -0.2) is 4.79 Å². The predicted octanol–water partition coefficient (Wildman–Crippen LogP) is 0.953. The quantitative estimate of drug-likeness (QED) is 0.784. The number of carboxylic acids is 1. The number of carbonyl (C=O) groups is 2. The molecule has 0 spiro atoms. The molecule has 2 atom stereocenters. The Morgan fingerprint density at radius 3 is 2.24 bits per heavy atom. The Balaban J connectivity index is 2.64. The van der Waals surface area contributed by atoms with Gasteiger partial charge in [0.05, 0.1) is 12.6 Å². The fraction of sp³-hybridized carbons (Fsp3) is 0.818. The van der Waals surface area contributed by atoms with Gasteiger partial charge in [-0.15, -0.1) is 0 Å². The summed E-state index contributed by atoms with van der Waals surface area (Å²) in [5, 5.41) is 8.99. The molecule has 1 aliphatic rings. The minimum Gasteiger partial charge on any atom is -0.481 e. The van der Waals surface area contributed by atoms with Crippen molar-refractivity contribution in [2.45, 2.75) is 32.5 Å². The third kappa shape index (κ3) is 3.59. The van der Waals surface area contributed by atoms with Gasteiger partial charge in [0.25, 0.3) is 0 Å². The van der Waals surface area contributed by atoms with Gasteiger partial charge in [0.2, 0.25) is 0 Å². The highest BCUT2D eigenvalue weighted by atomic mass is 16.6. The Bertz CT molecular complexity index is 309. The lowest BCUT2D eigenvalue weighted by atomic mass is 10.1. The molecule has 6 nitrogen and oxygen atoms in total. The number of amides is 1. The molecular formula is C11H19NO5. The van der Waals surface area contributed by atoms with E-state index >= 15 is 0 Å². The Morgan fingerprint density at radius 1 is 1.29 bits per heavy atom. The summed E-state index contributed by atoms with van der Waals surface area (Å²) < 4.78 is 10.2. The molecule has 1 rings (SSSR count). The molecule has 0 aromatic rings. The first-order chi connectivity index (χ1) is 7.74. The summed E-state index contributed by atoms with van der Waals surface area (Å²) in [5.74, 6) is -1.64. The SMILES string of the molecule is CO[C@@H]1CN(C(=O)OC(C)(C)C)C[C@@H]1C(=O)O. The molecule has 1 saturated heterocycles. The second kappa shape index (κ2) is 4.91. The summed E-state index contributed by atoms with van der Waals surface area (Å²) in [6.45, 7) is 5.68. The largest absolute Gasteiger partial charge is 0.481 e. The molecular weight excluding hydrogens is 226 g/mol. The predicted molar refractivity (Wildman–Crippen MR) is 59.7 cm³/mol. The van der Waals surface area contributed by atoms with Crippen LogP contribution >= 0.6 is 0 Å². The lowest BCUT2D eigenvalue weighted by Gasteiger charge is -2.24. The molecule has 0 aromatic heterocycles. The molecule has 1 fully saturated rings. The number of carboxylic acid groups (broad SMARTS) is 1. The number of likely N-dealkylation sites (tertiary alicyclic amines) is 1. The minimum absolute atomic E-state index is 0.128. The topological polar surface area (TPSA) is 76.1 Å². The van der Waals surface area contributed by atoms with Crippen molar-refractivity contribution in [3.05, 3.63) is 0 Å². The summed E-state index contributed by atoms with van der Waals surface area (Å²) in [6, 6.07) is 0. The number of hydrogen-bond donors (Lipinski definition) is 1. The Morgan fingerprint density at radius 2 is 1.88 bits per heavy atom. The second-order valence-corrected chi connectivity index (χ2v) is 5.10. The van der Waals surface area contributed by atoms with Gasteiger partial charge in [-0.3, -0.25) is 4.79 Å². The van der Waals surface area contributed by atoms with Crippen molar-refractivity contribution in [3.8, 4) is 0 Å². The van der Waals surface area contributed by atoms with Crippen LogP contribution in [0.4, 0.5) is 4.79 Å². The number of carbonyl (C=O) groups excluding carboxylic acids is 1. The van der Waals surface area contributed by atoms with Crippen LogP contribution in [0.5, 0.6) is 0 Å². The molecule has 1 heterocycles. The summed E-state index contributed by atoms with van der Waals surface area (Å²) >= 11 is 0. The zero-order chi connectivity index (χ0) is 13.2. The first kappa shape index (κ1) is 13.8. The lowest BCUT2D eigenvalue weighted by molar-refractivity contribution is -0.144. The Labute approximate surface area is 100 Å². The third-order valence-electron chi connectivity index (χ3n) is 2.54. The fourth-order valence-corrected chi connectivity index (χ4v) is 1.73. The van der Waals surface area contributed by atoms with Crippen LogP contribution in [-0.2, 0) is 14.3 Å². The molecule has 0 unspecified atom stereocenters. The Kier molecular flexibility index (Phi) is 3.98. The van der Waals surface area contributed by atoms with Gasteiger partial charge in [-0.05, 0) is 20.8 Å². The number of nitrogens with zero attached hydrogens (tertiary/aromatic N) is 1. The lowest BCUT2D eigenvalue weighted by Crippen LogP contribution is -2.36. The highest BCUT2D eigenvalue weighted by molar-refractivity contribution is 5.75. The maximum Gasteiger partial charge on any atom is 0.410 e. The van der Waals surface area contributed by atoms with Crippen LogP contribution in [0, 0.1) is 5.92 Å². The normalized spacial score (nSPS) is 24.8. The summed E-state index contributed by atoms with van der Waals surface area (Å²) in [6.07, 6.45) is -0.969. The molecule has 1 amide bonds. The van der Waals surface area contributed by atoms with Gasteiger partial charge >= 0.3 is 12.1 Å². The van der Waals surface area contributed by atoms with E-state index in [4.69, 9.17) is 14.6 Å². The molecule has 1 N–H and O–H groups in total. The van der Waals surface area contributed by atoms with E-state index in [9.17, 15) is 9.59 Å². The van der Waals surface area contributed by atoms with E-state index in [0.717, 1.165) is 0 Å². The number of methoxy groups -OCH3 is 1. The van der Waals surface area contributed by atoms with E-state index in [-0.39, 0.29) is 13.1 Å². The first-order valence-electron chi connectivity index (χ1n) is 5.48. The van der Waals surface area contributed by atoms with Gasteiger partial charge in [0.1, 0.15) is 11.5 Å². The molecule has 1 aliphatic heterocycles. The molecule has 98 valence electrons. The van der Waals surface area contributed by atoms with Crippen LogP contribution in [0.2, 0.25) is 0 Å². The second-order valence-electron chi connectivity index (χ2n) is 5.10. The van der Waals surface area contributed by atoms with E-state index in [0.29, 0.717) is 0 Å². The van der Waals surface area contributed by atoms with Gasteiger partial charge in [0, 0.05) is 13.7 Å². The van der Waals surface area contributed by atoms with Crippen LogP contribution < -0.4 is 0 Å². The van der Waals surface area contributed by atoms with Crippen molar-refractivity contribution in [3.63, 3.8) is 0 Å². The van der Waals surface area contributed by atoms with E-state index in [1.165, 1.54) is 12.0 Å². The molecule has 0 saturated carbocycles. The first-order valence-corrected chi connectivity index (χ1v) is 5.48. The van der Waals surface area contributed by atoms with Crippen molar-refractivity contribution in [1.29, 1.82) is 0 Å². The van der Waals surface area contributed by atoms with Crippen LogP contribution in [0.3, 0.4) is 0 Å². The van der Waals surface area contributed by atoms with Gasteiger partial charge in [-0.1, -0.05) is 0 Å². The van der Waals surface area contributed by atoms with Crippen molar-refractivity contribution < 1.29 is 24.2 Å². The molecule has 0 aromatic carbocycles. The highest BCUT2D eigenvalue weighted by Gasteiger charge is 2.41. The third-order valence-corrected chi connectivity index (χ3v) is 2.54. The van der Waals surface area contributed by atoms with Crippen LogP contribution in [0.15, 0.2) is 0 Å². The highest BCUT2D eigenvalue weighted by Crippen LogP contribution is 2.22. The zero-order valence-corrected chi connectivity index (χ0v) is 10.6. The zero-order valence-electron chi connectivity index (χ0n) is 10.6. The molecule has 17 heavy (non-hydrogen) atoms. The smallest absolute Gasteiger partial charge is 0.410 e. The molecule has 0 bridgehead atoms. The summed E-state index contributed by atoms with van der Waals surface area (Å²) in [7, 11) is 1.44. The van der Waals surface area contributed by atoms with Crippen molar-refractivity contribution in [2.75, 3.05) is 20.2 Å². The Hall–Kier alpha value is -1.30. The average molecular weight is 245 g/mol. The van der Waals surface area contributed by atoms with Crippen molar-refractivity contribution in [2.24, 2.45) is 5.92 Å². The molecule has 0 aliphatic carbocycles. The number of hydrogen-bond acceptors (Lipinski definition) is 4. The average Bonchev–Trinajstić information content (AvgIpc) is 2.58. The van der Waals surface area contributed by atoms with E-state index in [2.05, 4.69) is 0 Å².